The van der Waals surface area contributed by atoms with E-state index in [-0.39, 0.29) is 55.4 Å². The summed E-state index contributed by atoms with van der Waals surface area (Å²) in [5, 5.41) is 58.2. The normalized spacial score (nSPS) is 43.1. The molecule has 1 aromatic carbocycles. The van der Waals surface area contributed by atoms with Crippen molar-refractivity contribution < 1.29 is 67.5 Å². The molecular weight excluding hydrogens is 834 g/mol. The summed E-state index contributed by atoms with van der Waals surface area (Å²) in [6.07, 6.45) is -7.03. The van der Waals surface area contributed by atoms with Crippen LogP contribution in [0.2, 0.25) is 0 Å². The van der Waals surface area contributed by atoms with Crippen LogP contribution in [-0.2, 0) is 33.2 Å². The van der Waals surface area contributed by atoms with Crippen LogP contribution in [0.4, 0.5) is 4.39 Å². The zero-order chi connectivity index (χ0) is 47.9. The van der Waals surface area contributed by atoms with Crippen molar-refractivity contribution >= 4 is 5.97 Å². The van der Waals surface area contributed by atoms with E-state index in [4.69, 9.17) is 37.9 Å². The molecule has 0 amide bonds. The first-order chi connectivity index (χ1) is 29.9. The van der Waals surface area contributed by atoms with Gasteiger partial charge in [0.05, 0.1) is 49.1 Å². The molecule has 3 saturated heterocycles. The number of benzene rings is 1. The summed E-state index contributed by atoms with van der Waals surface area (Å²) >= 11 is 0. The standard InChI is InChI=1S/C47H82FN3O13/c1-15-19-50-25-47(56)31(8)60-37(23-45(47,10)58-14)63-38-28(5)41(64-43-39(34(49-12)20-27(4)59-43)61-32-17-18-35(57-13)33(48)21-32)44(9,54)22-26(3)24-51-30(7)40(52)46(11,55)36(16-2)62-42(53)29(38)6/h17-18,21,26-31,34,36-41,43,49-52,54-56H,15-16,19-20,22-25H2,1-14H3/t26-,27-,28+,29-,30-,31+,34+,36-,37+,38+,39-,40-,41-,43+,44-,45-,46-,47+/m1/s1. The number of ether oxygens (including phenoxy) is 8. The number of nitrogens with one attached hydrogen (secondary N) is 3. The van der Waals surface area contributed by atoms with Crippen LogP contribution in [-0.4, -0.2) is 157 Å². The average molecular weight is 916 g/mol. The second-order valence-electron chi connectivity index (χ2n) is 19.4. The summed E-state index contributed by atoms with van der Waals surface area (Å²) < 4.78 is 65.8. The number of aliphatic hydroxyl groups is 4. The lowest BCUT2D eigenvalue weighted by molar-refractivity contribution is -0.335. The number of hydrogen-bond donors (Lipinski definition) is 7. The molecule has 64 heavy (non-hydrogen) atoms. The van der Waals surface area contributed by atoms with E-state index < -0.39 is 101 Å². The van der Waals surface area contributed by atoms with Crippen molar-refractivity contribution in [3.63, 3.8) is 0 Å². The second kappa shape index (κ2) is 22.7. The lowest BCUT2D eigenvalue weighted by atomic mass is 9.75. The number of halogens is 1. The molecule has 0 radical (unpaired) electrons. The summed E-state index contributed by atoms with van der Waals surface area (Å²) in [6, 6.07) is 3.32. The molecule has 16 nitrogen and oxygen atoms in total. The van der Waals surface area contributed by atoms with Gasteiger partial charge in [-0.2, -0.15) is 0 Å². The lowest BCUT2D eigenvalue weighted by Crippen LogP contribution is -2.70. The Hall–Kier alpha value is -2.26. The number of likely N-dealkylation sites (N-methyl/N-ethyl adjacent to an activating group) is 1. The van der Waals surface area contributed by atoms with Gasteiger partial charge >= 0.3 is 5.97 Å². The zero-order valence-corrected chi connectivity index (χ0v) is 40.8. The Labute approximate surface area is 380 Å². The Balaban J connectivity index is 1.85. The predicted molar refractivity (Wildman–Crippen MR) is 238 cm³/mol. The van der Waals surface area contributed by atoms with Gasteiger partial charge in [0.25, 0.3) is 0 Å². The van der Waals surface area contributed by atoms with E-state index >= 15 is 4.39 Å². The third-order valence-corrected chi connectivity index (χ3v) is 14.1. The van der Waals surface area contributed by atoms with Crippen LogP contribution >= 0.6 is 0 Å². The first kappa shape index (κ1) is 54.3. The van der Waals surface area contributed by atoms with E-state index in [0.717, 1.165) is 6.42 Å². The van der Waals surface area contributed by atoms with Crippen molar-refractivity contribution in [2.24, 2.45) is 17.8 Å². The van der Waals surface area contributed by atoms with E-state index in [1.807, 2.05) is 27.7 Å². The monoisotopic (exact) mass is 916 g/mol. The lowest BCUT2D eigenvalue weighted by Gasteiger charge is -2.53. The first-order valence-corrected chi connectivity index (χ1v) is 23.3. The summed E-state index contributed by atoms with van der Waals surface area (Å²) in [7, 11) is 4.70. The van der Waals surface area contributed by atoms with Crippen LogP contribution in [0.3, 0.4) is 0 Å². The van der Waals surface area contributed by atoms with Gasteiger partial charge in [0.1, 0.15) is 34.8 Å². The Bertz CT molecular complexity index is 1630. The summed E-state index contributed by atoms with van der Waals surface area (Å²) in [4.78, 5) is 14.5. The van der Waals surface area contributed by atoms with E-state index in [9.17, 15) is 25.2 Å². The van der Waals surface area contributed by atoms with E-state index in [1.54, 1.807) is 54.7 Å². The van der Waals surface area contributed by atoms with Gasteiger partial charge in [0.2, 0.25) is 0 Å². The highest BCUT2D eigenvalue weighted by molar-refractivity contribution is 5.73. The van der Waals surface area contributed by atoms with E-state index in [2.05, 4.69) is 16.0 Å². The average Bonchev–Trinajstić information content (AvgIpc) is 3.24. The molecule has 0 unspecified atom stereocenters. The predicted octanol–water partition coefficient (Wildman–Crippen LogP) is 3.82. The molecule has 4 rings (SSSR count). The van der Waals surface area contributed by atoms with Crippen LogP contribution in [0, 0.1) is 23.6 Å². The molecule has 0 aromatic heterocycles. The van der Waals surface area contributed by atoms with Crippen LogP contribution in [0.25, 0.3) is 0 Å². The fourth-order valence-corrected chi connectivity index (χ4v) is 10.0. The fourth-order valence-electron chi connectivity index (χ4n) is 10.0. The molecule has 3 fully saturated rings. The van der Waals surface area contributed by atoms with Crippen molar-refractivity contribution in [1.82, 2.24) is 16.0 Å². The highest BCUT2D eigenvalue weighted by Gasteiger charge is 2.58. The molecule has 0 saturated carbocycles. The number of esters is 1. The molecule has 17 heteroatoms. The molecule has 18 atom stereocenters. The fraction of sp³-hybridized carbons (Fsp3) is 0.851. The maximum absolute atomic E-state index is 15.0. The highest BCUT2D eigenvalue weighted by atomic mass is 19.1. The molecule has 3 heterocycles. The minimum absolute atomic E-state index is 0.0548. The van der Waals surface area contributed by atoms with Crippen LogP contribution in [0.1, 0.15) is 108 Å². The summed E-state index contributed by atoms with van der Waals surface area (Å²) in [5.41, 5.74) is -6.13. The van der Waals surface area contributed by atoms with Crippen molar-refractivity contribution in [2.45, 2.75) is 198 Å². The Morgan fingerprint density at radius 2 is 1.66 bits per heavy atom. The largest absolute Gasteiger partial charge is 0.494 e. The third kappa shape index (κ3) is 12.2. The summed E-state index contributed by atoms with van der Waals surface area (Å²) in [6.45, 7) is 20.7. The van der Waals surface area contributed by atoms with Gasteiger partial charge in [-0.25, -0.2) is 4.39 Å². The van der Waals surface area contributed by atoms with Crippen molar-refractivity contribution in [2.75, 3.05) is 40.9 Å². The Morgan fingerprint density at radius 3 is 2.25 bits per heavy atom. The highest BCUT2D eigenvalue weighted by Crippen LogP contribution is 2.43. The van der Waals surface area contributed by atoms with Gasteiger partial charge in [0, 0.05) is 38.1 Å². The molecule has 1 aromatic rings. The molecular formula is C47H82FN3O13. The maximum Gasteiger partial charge on any atom is 0.311 e. The van der Waals surface area contributed by atoms with Crippen LogP contribution in [0.15, 0.2) is 18.2 Å². The number of carbonyl (C=O) groups is 1. The molecule has 3 aliphatic heterocycles. The molecule has 7 N–H and O–H groups in total. The second-order valence-corrected chi connectivity index (χ2v) is 19.4. The Kier molecular flexibility index (Phi) is 19.3. The van der Waals surface area contributed by atoms with Crippen molar-refractivity contribution in [3.8, 4) is 11.5 Å². The van der Waals surface area contributed by atoms with E-state index in [1.165, 1.54) is 33.3 Å². The zero-order valence-electron chi connectivity index (χ0n) is 40.8. The van der Waals surface area contributed by atoms with Gasteiger partial charge in [0.15, 0.2) is 30.3 Å². The molecule has 370 valence electrons. The minimum atomic E-state index is -1.85. The topological polar surface area (TPSA) is 208 Å². The van der Waals surface area contributed by atoms with Gasteiger partial charge in [-0.3, -0.25) is 4.79 Å². The van der Waals surface area contributed by atoms with Gasteiger partial charge in [-0.1, -0.05) is 27.7 Å². The van der Waals surface area contributed by atoms with Gasteiger partial charge in [-0.05, 0) is 112 Å². The molecule has 3 aliphatic rings. The number of rotatable bonds is 14. The quantitative estimate of drug-likeness (QED) is 0.105. The van der Waals surface area contributed by atoms with Crippen LogP contribution < -0.4 is 25.4 Å². The third-order valence-electron chi connectivity index (χ3n) is 14.1. The minimum Gasteiger partial charge on any atom is -0.494 e. The first-order valence-electron chi connectivity index (χ1n) is 23.3. The number of aliphatic hydroxyl groups excluding tert-OH is 1. The van der Waals surface area contributed by atoms with E-state index in [0.29, 0.717) is 19.5 Å². The Morgan fingerprint density at radius 1 is 0.969 bits per heavy atom. The SMILES string of the molecule is CCCNC[C@]1(O)[C@H](C)O[C@@H](O[C@H]2[C@H](C)[C@@H](O[C@@H]3O[C@H](C)C[C@H](NC)[C@H]3Oc3ccc(OC)c(F)c3)[C@](C)(O)C[C@@H](C)CN[C@H](C)[C@@H](O)[C@](C)(O)[C@@H](CC)OC(=O)[C@@H]2C)C[C@@]1(C)OC. The molecule has 0 aliphatic carbocycles. The molecule has 0 bridgehead atoms. The maximum atomic E-state index is 15.0. The summed E-state index contributed by atoms with van der Waals surface area (Å²) in [5.74, 6) is -3.20. The van der Waals surface area contributed by atoms with Crippen molar-refractivity contribution in [1.29, 1.82) is 0 Å². The van der Waals surface area contributed by atoms with Crippen molar-refractivity contribution in [3.05, 3.63) is 24.0 Å². The number of carbonyl (C=O) groups excluding carboxylic acids is 1. The van der Waals surface area contributed by atoms with Gasteiger partial charge < -0.3 is 74.3 Å². The number of methoxy groups -OCH3 is 2. The van der Waals surface area contributed by atoms with Crippen LogP contribution in [0.5, 0.6) is 11.5 Å². The van der Waals surface area contributed by atoms with Gasteiger partial charge in [-0.15, -0.1) is 0 Å². The molecule has 0 spiro atoms. The smallest absolute Gasteiger partial charge is 0.311 e. The number of hydrogen-bond acceptors (Lipinski definition) is 16. The number of cyclic esters (lactones) is 1.